The van der Waals surface area contributed by atoms with E-state index >= 15 is 0 Å². The van der Waals surface area contributed by atoms with Gasteiger partial charge in [0.25, 0.3) is 6.43 Å². The molecule has 0 N–H and O–H groups in total. The van der Waals surface area contributed by atoms with E-state index in [0.717, 1.165) is 5.56 Å². The van der Waals surface area contributed by atoms with Crippen molar-refractivity contribution >= 4 is 37.6 Å². The number of rotatable bonds is 4. The molecule has 0 radical (unpaired) electrons. The maximum atomic E-state index is 12.4. The largest absolute Gasteiger partial charge is 0.298 e. The molecule has 5 heteroatoms. The van der Waals surface area contributed by atoms with Gasteiger partial charge >= 0.3 is 0 Å². The molecule has 1 aromatic carbocycles. The summed E-state index contributed by atoms with van der Waals surface area (Å²) in [7, 11) is 0. The summed E-state index contributed by atoms with van der Waals surface area (Å²) in [5, 5.41) is 0.279. The number of carbonyl (C=O) groups is 1. The minimum Gasteiger partial charge on any atom is -0.298 e. The number of hydrogen-bond donors (Lipinski definition) is 0. The van der Waals surface area contributed by atoms with Crippen molar-refractivity contribution in [2.45, 2.75) is 12.8 Å². The van der Waals surface area contributed by atoms with Crippen LogP contribution in [0, 0.1) is 0 Å². The van der Waals surface area contributed by atoms with Crippen molar-refractivity contribution in [3.8, 4) is 0 Å². The third kappa shape index (κ3) is 3.65. The molecule has 0 atom stereocenters. The summed E-state index contributed by atoms with van der Waals surface area (Å²) in [5.74, 6) is 0.0201. The van der Waals surface area contributed by atoms with Gasteiger partial charge in [-0.2, -0.15) is 0 Å². The first-order chi connectivity index (χ1) is 7.04. The summed E-state index contributed by atoms with van der Waals surface area (Å²) < 4.78 is 25.1. The summed E-state index contributed by atoms with van der Waals surface area (Å²) in [5.41, 5.74) is 0.681. The van der Waals surface area contributed by atoms with Crippen LogP contribution in [0.4, 0.5) is 8.78 Å². The van der Waals surface area contributed by atoms with Gasteiger partial charge in [-0.15, -0.1) is 0 Å². The van der Waals surface area contributed by atoms with E-state index in [-0.39, 0.29) is 23.1 Å². The highest BCUT2D eigenvalue weighted by Gasteiger charge is 2.12. The van der Waals surface area contributed by atoms with E-state index in [0.29, 0.717) is 4.47 Å². The maximum absolute atomic E-state index is 12.4. The SMILES string of the molecule is O=C(CBr)Cc1ccc(C(F)F)c(Br)c1. The summed E-state index contributed by atoms with van der Waals surface area (Å²) in [6.07, 6.45) is -2.24. The molecule has 0 aromatic heterocycles. The lowest BCUT2D eigenvalue weighted by Gasteiger charge is -2.05. The summed E-state index contributed by atoms with van der Waals surface area (Å²) in [4.78, 5) is 11.1. The summed E-state index contributed by atoms with van der Waals surface area (Å²) in [6.45, 7) is 0. The normalized spacial score (nSPS) is 10.7. The average molecular weight is 342 g/mol. The number of Topliss-reactive ketones (excluding diaryl/α,β-unsaturated/α-hetero) is 1. The lowest BCUT2D eigenvalue weighted by molar-refractivity contribution is -0.115. The third-order valence-corrected chi connectivity index (χ3v) is 3.16. The number of hydrogen-bond acceptors (Lipinski definition) is 1. The lowest BCUT2D eigenvalue weighted by atomic mass is 10.1. The molecule has 15 heavy (non-hydrogen) atoms. The zero-order valence-corrected chi connectivity index (χ0v) is 10.8. The molecule has 0 heterocycles. The van der Waals surface area contributed by atoms with Crippen molar-refractivity contribution in [1.29, 1.82) is 0 Å². The summed E-state index contributed by atoms with van der Waals surface area (Å²) in [6, 6.07) is 4.44. The van der Waals surface area contributed by atoms with Crippen LogP contribution in [-0.2, 0) is 11.2 Å². The molecule has 0 aliphatic heterocycles. The predicted octanol–water partition coefficient (Wildman–Crippen LogP) is 3.89. The van der Waals surface area contributed by atoms with E-state index in [2.05, 4.69) is 31.9 Å². The first-order valence-electron chi connectivity index (χ1n) is 4.18. The number of benzene rings is 1. The predicted molar refractivity (Wildman–Crippen MR) is 61.6 cm³/mol. The first-order valence-corrected chi connectivity index (χ1v) is 6.10. The minimum atomic E-state index is -2.50. The molecular formula is C10H8Br2F2O. The van der Waals surface area contributed by atoms with Crippen LogP contribution in [0.25, 0.3) is 0 Å². The number of ketones is 1. The Bertz CT molecular complexity index is 366. The second kappa shape index (κ2) is 5.70. The lowest BCUT2D eigenvalue weighted by Crippen LogP contribution is -2.03. The van der Waals surface area contributed by atoms with E-state index in [9.17, 15) is 13.6 Å². The Morgan fingerprint density at radius 1 is 1.40 bits per heavy atom. The monoisotopic (exact) mass is 340 g/mol. The van der Waals surface area contributed by atoms with Crippen molar-refractivity contribution in [1.82, 2.24) is 0 Å². The van der Waals surface area contributed by atoms with Crippen molar-refractivity contribution in [2.75, 3.05) is 5.33 Å². The third-order valence-electron chi connectivity index (χ3n) is 1.85. The van der Waals surface area contributed by atoms with Crippen LogP contribution < -0.4 is 0 Å². The van der Waals surface area contributed by atoms with Gasteiger partial charge in [-0.1, -0.05) is 44.0 Å². The molecule has 1 nitrogen and oxygen atoms in total. The molecule has 1 aromatic rings. The Kier molecular flexibility index (Phi) is 4.86. The molecular weight excluding hydrogens is 334 g/mol. The van der Waals surface area contributed by atoms with Gasteiger partial charge in [0.05, 0.1) is 5.33 Å². The van der Waals surface area contributed by atoms with Gasteiger partial charge in [0.15, 0.2) is 0 Å². The van der Waals surface area contributed by atoms with E-state index < -0.39 is 6.43 Å². The Morgan fingerprint density at radius 2 is 2.07 bits per heavy atom. The second-order valence-electron chi connectivity index (χ2n) is 3.01. The van der Waals surface area contributed by atoms with Gasteiger partial charge in [-0.25, -0.2) is 8.78 Å². The molecule has 82 valence electrons. The van der Waals surface area contributed by atoms with Gasteiger partial charge in [0, 0.05) is 16.5 Å². The first kappa shape index (κ1) is 12.8. The fourth-order valence-corrected chi connectivity index (χ4v) is 1.93. The van der Waals surface area contributed by atoms with Crippen LogP contribution in [0.3, 0.4) is 0 Å². The fraction of sp³-hybridized carbons (Fsp3) is 0.300. The molecule has 1 rings (SSSR count). The van der Waals surface area contributed by atoms with E-state index in [1.807, 2.05) is 0 Å². The van der Waals surface area contributed by atoms with E-state index in [1.54, 1.807) is 12.1 Å². The van der Waals surface area contributed by atoms with Crippen LogP contribution in [0.2, 0.25) is 0 Å². The Morgan fingerprint density at radius 3 is 2.53 bits per heavy atom. The minimum absolute atomic E-state index is 0.0201. The quantitative estimate of drug-likeness (QED) is 0.759. The van der Waals surface area contributed by atoms with Crippen LogP contribution in [-0.4, -0.2) is 11.1 Å². The zero-order valence-electron chi connectivity index (χ0n) is 7.64. The fourth-order valence-electron chi connectivity index (χ4n) is 1.13. The van der Waals surface area contributed by atoms with E-state index in [4.69, 9.17) is 0 Å². The highest BCUT2D eigenvalue weighted by molar-refractivity contribution is 9.10. The van der Waals surface area contributed by atoms with Crippen molar-refractivity contribution in [2.24, 2.45) is 0 Å². The van der Waals surface area contributed by atoms with Gasteiger partial charge in [0.2, 0.25) is 0 Å². The number of alkyl halides is 3. The molecule has 0 unspecified atom stereocenters. The standard InChI is InChI=1S/C10H8Br2F2O/c11-5-7(15)3-6-1-2-8(10(13)14)9(12)4-6/h1-2,4,10H,3,5H2. The molecule has 0 fully saturated rings. The van der Waals surface area contributed by atoms with Crippen molar-refractivity contribution in [3.63, 3.8) is 0 Å². The molecule has 0 spiro atoms. The molecule has 0 saturated carbocycles. The molecule has 0 bridgehead atoms. The number of halogens is 4. The zero-order chi connectivity index (χ0) is 11.4. The highest BCUT2D eigenvalue weighted by atomic mass is 79.9. The van der Waals surface area contributed by atoms with E-state index in [1.165, 1.54) is 6.07 Å². The molecule has 0 amide bonds. The maximum Gasteiger partial charge on any atom is 0.264 e. The van der Waals surface area contributed by atoms with Gasteiger partial charge in [-0.3, -0.25) is 4.79 Å². The van der Waals surface area contributed by atoms with Gasteiger partial charge in [-0.05, 0) is 11.6 Å². The van der Waals surface area contributed by atoms with Crippen molar-refractivity contribution in [3.05, 3.63) is 33.8 Å². The Balaban J connectivity index is 2.87. The molecule has 0 saturated heterocycles. The average Bonchev–Trinajstić information content (AvgIpc) is 2.17. The van der Waals surface area contributed by atoms with Crippen LogP contribution in [0.15, 0.2) is 22.7 Å². The Hall–Kier alpha value is -0.290. The smallest absolute Gasteiger partial charge is 0.264 e. The van der Waals surface area contributed by atoms with Gasteiger partial charge < -0.3 is 0 Å². The van der Waals surface area contributed by atoms with Crippen LogP contribution >= 0.6 is 31.9 Å². The number of carbonyl (C=O) groups excluding carboxylic acids is 1. The van der Waals surface area contributed by atoms with Crippen LogP contribution in [0.1, 0.15) is 17.6 Å². The van der Waals surface area contributed by atoms with Gasteiger partial charge in [0.1, 0.15) is 5.78 Å². The topological polar surface area (TPSA) is 17.1 Å². The van der Waals surface area contributed by atoms with Crippen molar-refractivity contribution < 1.29 is 13.6 Å². The second-order valence-corrected chi connectivity index (χ2v) is 4.42. The summed E-state index contributed by atoms with van der Waals surface area (Å²) >= 11 is 6.10. The molecule has 0 aliphatic rings. The molecule has 0 aliphatic carbocycles. The Labute approximate surface area is 103 Å². The highest BCUT2D eigenvalue weighted by Crippen LogP contribution is 2.28. The van der Waals surface area contributed by atoms with Crippen LogP contribution in [0.5, 0.6) is 0 Å².